The number of hydrogen-bond acceptors (Lipinski definition) is 2. The van der Waals surface area contributed by atoms with Crippen LogP contribution in [0, 0.1) is 5.82 Å². The molecule has 1 unspecified atom stereocenters. The molecular weight excluding hydrogens is 258 g/mol. The first-order valence-corrected chi connectivity index (χ1v) is 5.09. The zero-order chi connectivity index (χ0) is 12.5. The molecule has 0 heterocycles. The summed E-state index contributed by atoms with van der Waals surface area (Å²) >= 11 is 11.2. The average molecular weight is 267 g/mol. The number of carbonyl (C=O) groups is 1. The highest BCUT2D eigenvalue weighted by molar-refractivity contribution is 6.35. The monoisotopic (exact) mass is 266 g/mol. The first kappa shape index (κ1) is 13.2. The maximum atomic E-state index is 13.2. The molecule has 6 heteroatoms. The van der Waals surface area contributed by atoms with Crippen molar-refractivity contribution < 1.29 is 19.4 Å². The molecule has 16 heavy (non-hydrogen) atoms. The molecule has 0 radical (unpaired) electrons. The van der Waals surface area contributed by atoms with Crippen LogP contribution in [0.5, 0.6) is 0 Å². The molecular formula is C10H9Cl2FO3. The Morgan fingerprint density at radius 2 is 2.00 bits per heavy atom. The summed E-state index contributed by atoms with van der Waals surface area (Å²) in [7, 11) is 0. The van der Waals surface area contributed by atoms with E-state index < -0.39 is 23.8 Å². The Kier molecular flexibility index (Phi) is 3.78. The second-order valence-corrected chi connectivity index (χ2v) is 4.40. The van der Waals surface area contributed by atoms with E-state index in [-0.39, 0.29) is 15.6 Å². The number of carboxylic acids is 1. The molecule has 0 saturated carbocycles. The first-order valence-electron chi connectivity index (χ1n) is 4.33. The zero-order valence-corrected chi connectivity index (χ0v) is 9.81. The van der Waals surface area contributed by atoms with Gasteiger partial charge in [-0.2, -0.15) is 0 Å². The Labute approximate surface area is 101 Å². The van der Waals surface area contributed by atoms with Crippen LogP contribution in [0.25, 0.3) is 0 Å². The van der Waals surface area contributed by atoms with E-state index in [9.17, 15) is 14.3 Å². The minimum atomic E-state index is -1.74. The van der Waals surface area contributed by atoms with Gasteiger partial charge in [0.2, 0.25) is 0 Å². The van der Waals surface area contributed by atoms with Gasteiger partial charge in [0, 0.05) is 10.6 Å². The van der Waals surface area contributed by atoms with Crippen molar-refractivity contribution in [2.75, 3.05) is 0 Å². The highest BCUT2D eigenvalue weighted by atomic mass is 35.5. The molecule has 88 valence electrons. The maximum Gasteiger partial charge on any atom is 0.306 e. The van der Waals surface area contributed by atoms with Crippen molar-refractivity contribution >= 4 is 29.2 Å². The standard InChI is InChI=1S/C10H9Cl2FO3/c1-10(16,4-9(14)15)5-2-8(13)7(12)3-6(5)11/h2-3,16H,4H2,1H3,(H,14,15). The molecule has 2 N–H and O–H groups in total. The lowest BCUT2D eigenvalue weighted by molar-refractivity contribution is -0.142. The van der Waals surface area contributed by atoms with Crippen molar-refractivity contribution in [3.8, 4) is 0 Å². The van der Waals surface area contributed by atoms with E-state index in [4.69, 9.17) is 28.3 Å². The van der Waals surface area contributed by atoms with E-state index in [0.717, 1.165) is 12.1 Å². The van der Waals surface area contributed by atoms with E-state index in [1.165, 1.54) is 6.92 Å². The molecule has 1 aromatic carbocycles. The van der Waals surface area contributed by atoms with E-state index in [0.29, 0.717) is 0 Å². The predicted octanol–water partition coefficient (Wildman–Crippen LogP) is 2.81. The first-order chi connectivity index (χ1) is 7.24. The highest BCUT2D eigenvalue weighted by Crippen LogP contribution is 2.33. The van der Waals surface area contributed by atoms with Crippen molar-refractivity contribution in [3.63, 3.8) is 0 Å². The predicted molar refractivity (Wildman–Crippen MR) is 58.2 cm³/mol. The van der Waals surface area contributed by atoms with Crippen LogP contribution in [0.1, 0.15) is 18.9 Å². The van der Waals surface area contributed by atoms with Crippen LogP contribution in [0.3, 0.4) is 0 Å². The molecule has 0 aromatic heterocycles. The summed E-state index contributed by atoms with van der Waals surface area (Å²) in [6, 6.07) is 2.07. The Morgan fingerprint density at radius 3 is 2.50 bits per heavy atom. The summed E-state index contributed by atoms with van der Waals surface area (Å²) in [5.74, 6) is -1.97. The molecule has 3 nitrogen and oxygen atoms in total. The number of halogens is 3. The minimum Gasteiger partial charge on any atom is -0.481 e. The van der Waals surface area contributed by atoms with Gasteiger partial charge >= 0.3 is 5.97 Å². The van der Waals surface area contributed by atoms with Crippen molar-refractivity contribution in [2.45, 2.75) is 18.9 Å². The summed E-state index contributed by atoms with van der Waals surface area (Å²) in [5.41, 5.74) is -1.74. The van der Waals surface area contributed by atoms with Crippen LogP contribution in [-0.4, -0.2) is 16.2 Å². The number of rotatable bonds is 3. The Hall–Kier alpha value is -0.840. The number of benzene rings is 1. The van der Waals surface area contributed by atoms with E-state index in [1.54, 1.807) is 0 Å². The Balaban J connectivity index is 3.22. The third-order valence-corrected chi connectivity index (χ3v) is 2.69. The topological polar surface area (TPSA) is 57.5 Å². The van der Waals surface area contributed by atoms with Crippen LogP contribution >= 0.6 is 23.2 Å². The van der Waals surface area contributed by atoms with Gasteiger partial charge in [-0.1, -0.05) is 23.2 Å². The van der Waals surface area contributed by atoms with Crippen molar-refractivity contribution in [1.29, 1.82) is 0 Å². The number of hydrogen-bond donors (Lipinski definition) is 2. The lowest BCUT2D eigenvalue weighted by Gasteiger charge is -2.23. The summed E-state index contributed by atoms with van der Waals surface area (Å²) < 4.78 is 13.2. The third kappa shape index (κ3) is 2.84. The highest BCUT2D eigenvalue weighted by Gasteiger charge is 2.29. The molecule has 0 fully saturated rings. The van der Waals surface area contributed by atoms with Gasteiger partial charge in [0.05, 0.1) is 17.0 Å². The largest absolute Gasteiger partial charge is 0.481 e. The van der Waals surface area contributed by atoms with Gasteiger partial charge in [-0.15, -0.1) is 0 Å². The Morgan fingerprint density at radius 1 is 1.44 bits per heavy atom. The number of aliphatic hydroxyl groups is 1. The zero-order valence-electron chi connectivity index (χ0n) is 8.30. The molecule has 0 aliphatic heterocycles. The Bertz CT molecular complexity index is 432. The van der Waals surface area contributed by atoms with Gasteiger partial charge < -0.3 is 10.2 Å². The molecule has 1 atom stereocenters. The third-order valence-electron chi connectivity index (χ3n) is 2.09. The summed E-state index contributed by atoms with van der Waals surface area (Å²) in [5, 5.41) is 18.3. The summed E-state index contributed by atoms with van der Waals surface area (Å²) in [4.78, 5) is 10.5. The van der Waals surface area contributed by atoms with Gasteiger partial charge in [-0.05, 0) is 19.1 Å². The van der Waals surface area contributed by atoms with Crippen LogP contribution < -0.4 is 0 Å². The normalized spacial score (nSPS) is 14.6. The van der Waals surface area contributed by atoms with Gasteiger partial charge in [0.1, 0.15) is 5.82 Å². The molecule has 0 amide bonds. The molecule has 0 aliphatic rings. The molecule has 0 spiro atoms. The van der Waals surface area contributed by atoms with Gasteiger partial charge in [0.25, 0.3) is 0 Å². The van der Waals surface area contributed by atoms with Crippen LogP contribution in [0.2, 0.25) is 10.0 Å². The number of carboxylic acid groups (broad SMARTS) is 1. The van der Waals surface area contributed by atoms with Crippen LogP contribution in [-0.2, 0) is 10.4 Å². The second kappa shape index (κ2) is 4.57. The van der Waals surface area contributed by atoms with Gasteiger partial charge in [0.15, 0.2) is 0 Å². The quantitative estimate of drug-likeness (QED) is 0.828. The molecule has 1 aromatic rings. The minimum absolute atomic E-state index is 0.00142. The van der Waals surface area contributed by atoms with Gasteiger partial charge in [-0.25, -0.2) is 4.39 Å². The summed E-state index contributed by atoms with van der Waals surface area (Å²) in [6.07, 6.45) is -0.576. The molecule has 0 saturated heterocycles. The van der Waals surface area contributed by atoms with Crippen LogP contribution in [0.15, 0.2) is 12.1 Å². The SMILES string of the molecule is CC(O)(CC(=O)O)c1cc(F)c(Cl)cc1Cl. The fourth-order valence-electron chi connectivity index (χ4n) is 1.32. The van der Waals surface area contributed by atoms with E-state index in [1.807, 2.05) is 0 Å². The molecule has 1 rings (SSSR count). The summed E-state index contributed by atoms with van der Waals surface area (Å²) in [6.45, 7) is 1.25. The fraction of sp³-hybridized carbons (Fsp3) is 0.300. The van der Waals surface area contributed by atoms with E-state index >= 15 is 0 Å². The lowest BCUT2D eigenvalue weighted by Crippen LogP contribution is -2.25. The van der Waals surface area contributed by atoms with Crippen molar-refractivity contribution in [3.05, 3.63) is 33.6 Å². The molecule has 0 bridgehead atoms. The van der Waals surface area contributed by atoms with Crippen molar-refractivity contribution in [2.24, 2.45) is 0 Å². The lowest BCUT2D eigenvalue weighted by atomic mass is 9.92. The fourth-order valence-corrected chi connectivity index (χ4v) is 1.91. The van der Waals surface area contributed by atoms with Gasteiger partial charge in [-0.3, -0.25) is 4.79 Å². The number of aliphatic carboxylic acids is 1. The maximum absolute atomic E-state index is 13.2. The van der Waals surface area contributed by atoms with E-state index in [2.05, 4.69) is 0 Å². The van der Waals surface area contributed by atoms with Crippen LogP contribution in [0.4, 0.5) is 4.39 Å². The second-order valence-electron chi connectivity index (χ2n) is 3.59. The smallest absolute Gasteiger partial charge is 0.306 e. The van der Waals surface area contributed by atoms with Crippen molar-refractivity contribution in [1.82, 2.24) is 0 Å². The molecule has 0 aliphatic carbocycles. The average Bonchev–Trinajstić information content (AvgIpc) is 2.08.